The number of aromatic nitrogens is 2. The number of amides is 1. The molecule has 136 valence electrons. The van der Waals surface area contributed by atoms with E-state index < -0.39 is 9.84 Å². The Bertz CT molecular complexity index is 1050. The SMILES string of the molecule is CS(=O)(=O)CCC(=O)N1CC(c2ncn3ccc(-c4ccoc4)cc23)C1. The molecule has 4 rings (SSSR count). The Labute approximate surface area is 151 Å². The summed E-state index contributed by atoms with van der Waals surface area (Å²) >= 11 is 0. The first-order chi connectivity index (χ1) is 12.4. The molecule has 1 fully saturated rings. The molecule has 0 unspecified atom stereocenters. The number of hydrogen-bond donors (Lipinski definition) is 0. The van der Waals surface area contributed by atoms with E-state index in [0.29, 0.717) is 13.1 Å². The molecule has 0 radical (unpaired) electrons. The van der Waals surface area contributed by atoms with Crippen molar-refractivity contribution in [2.75, 3.05) is 25.1 Å². The molecule has 8 heteroatoms. The fourth-order valence-corrected chi connectivity index (χ4v) is 3.76. The summed E-state index contributed by atoms with van der Waals surface area (Å²) in [6.07, 6.45) is 8.27. The number of carbonyl (C=O) groups is 1. The van der Waals surface area contributed by atoms with Crippen LogP contribution in [0.2, 0.25) is 0 Å². The first-order valence-electron chi connectivity index (χ1n) is 8.35. The average molecular weight is 373 g/mol. The summed E-state index contributed by atoms with van der Waals surface area (Å²) in [5.41, 5.74) is 4.03. The van der Waals surface area contributed by atoms with Gasteiger partial charge in [-0.1, -0.05) is 0 Å². The Morgan fingerprint density at radius 1 is 1.31 bits per heavy atom. The van der Waals surface area contributed by atoms with E-state index in [0.717, 1.165) is 28.6 Å². The van der Waals surface area contributed by atoms with Crippen molar-refractivity contribution in [3.05, 3.63) is 48.9 Å². The zero-order valence-electron chi connectivity index (χ0n) is 14.3. The van der Waals surface area contributed by atoms with Gasteiger partial charge in [-0.15, -0.1) is 0 Å². The van der Waals surface area contributed by atoms with Crippen LogP contribution in [0.4, 0.5) is 0 Å². The highest BCUT2D eigenvalue weighted by Crippen LogP contribution is 2.31. The van der Waals surface area contributed by atoms with Gasteiger partial charge >= 0.3 is 0 Å². The Balaban J connectivity index is 1.48. The number of rotatable bonds is 5. The van der Waals surface area contributed by atoms with Gasteiger partial charge in [0.15, 0.2) is 0 Å². The van der Waals surface area contributed by atoms with Gasteiger partial charge in [-0.05, 0) is 23.8 Å². The molecule has 1 aliphatic rings. The van der Waals surface area contributed by atoms with Crippen molar-refractivity contribution in [3.63, 3.8) is 0 Å². The molecule has 3 aromatic heterocycles. The lowest BCUT2D eigenvalue weighted by Crippen LogP contribution is -2.49. The summed E-state index contributed by atoms with van der Waals surface area (Å²) in [5, 5.41) is 0. The second-order valence-electron chi connectivity index (χ2n) is 6.73. The molecule has 0 spiro atoms. The highest BCUT2D eigenvalue weighted by molar-refractivity contribution is 7.90. The molecule has 1 aliphatic heterocycles. The van der Waals surface area contributed by atoms with E-state index in [9.17, 15) is 13.2 Å². The van der Waals surface area contributed by atoms with Gasteiger partial charge in [0, 0.05) is 43.4 Å². The molecule has 7 nitrogen and oxygen atoms in total. The maximum atomic E-state index is 12.1. The Morgan fingerprint density at radius 3 is 2.81 bits per heavy atom. The highest BCUT2D eigenvalue weighted by Gasteiger charge is 2.34. The molecule has 0 saturated carbocycles. The van der Waals surface area contributed by atoms with Crippen LogP contribution in [0.15, 0.2) is 47.7 Å². The van der Waals surface area contributed by atoms with E-state index in [1.807, 2.05) is 22.7 Å². The fourth-order valence-electron chi connectivity index (χ4n) is 3.22. The van der Waals surface area contributed by atoms with Gasteiger partial charge in [-0.25, -0.2) is 13.4 Å². The summed E-state index contributed by atoms with van der Waals surface area (Å²) in [6.45, 7) is 1.15. The van der Waals surface area contributed by atoms with Crippen molar-refractivity contribution in [1.82, 2.24) is 14.3 Å². The monoisotopic (exact) mass is 373 g/mol. The largest absolute Gasteiger partial charge is 0.472 e. The molecule has 0 bridgehead atoms. The molecule has 26 heavy (non-hydrogen) atoms. The zero-order chi connectivity index (χ0) is 18.3. The predicted octanol–water partition coefficient (Wildman–Crippen LogP) is 1.95. The van der Waals surface area contributed by atoms with Gasteiger partial charge in [-0.3, -0.25) is 4.79 Å². The summed E-state index contributed by atoms with van der Waals surface area (Å²) in [4.78, 5) is 18.3. The third-order valence-electron chi connectivity index (χ3n) is 4.73. The van der Waals surface area contributed by atoms with Gasteiger partial charge in [0.2, 0.25) is 5.91 Å². The zero-order valence-corrected chi connectivity index (χ0v) is 15.1. The maximum absolute atomic E-state index is 12.1. The lowest BCUT2D eigenvalue weighted by atomic mass is 9.94. The van der Waals surface area contributed by atoms with Crippen LogP contribution in [-0.2, 0) is 14.6 Å². The second kappa shape index (κ2) is 6.28. The number of pyridine rings is 1. The second-order valence-corrected chi connectivity index (χ2v) is 8.99. The van der Waals surface area contributed by atoms with Crippen LogP contribution >= 0.6 is 0 Å². The van der Waals surface area contributed by atoms with Crippen molar-refractivity contribution in [1.29, 1.82) is 0 Å². The summed E-state index contributed by atoms with van der Waals surface area (Å²) < 4.78 is 29.5. The summed E-state index contributed by atoms with van der Waals surface area (Å²) in [6, 6.07) is 5.99. The average Bonchev–Trinajstić information content (AvgIpc) is 3.20. The van der Waals surface area contributed by atoms with Gasteiger partial charge < -0.3 is 13.7 Å². The highest BCUT2D eigenvalue weighted by atomic mass is 32.2. The van der Waals surface area contributed by atoms with Crippen molar-refractivity contribution < 1.29 is 17.6 Å². The van der Waals surface area contributed by atoms with Gasteiger partial charge in [0.05, 0.1) is 35.8 Å². The van der Waals surface area contributed by atoms with Gasteiger partial charge in [0.25, 0.3) is 0 Å². The number of hydrogen-bond acceptors (Lipinski definition) is 5. The standard InChI is InChI=1S/C18H19N3O4S/c1-26(23,24)7-4-17(22)21-9-15(10-21)18-16-8-13(14-3-6-25-11-14)2-5-20(16)12-19-18/h2-3,5-6,8,11-12,15H,4,7,9-10H2,1H3. The Morgan fingerprint density at radius 2 is 2.12 bits per heavy atom. The number of imidazole rings is 1. The number of carbonyl (C=O) groups excluding carboxylic acids is 1. The lowest BCUT2D eigenvalue weighted by Gasteiger charge is -2.38. The van der Waals surface area contributed by atoms with E-state index in [4.69, 9.17) is 4.42 Å². The van der Waals surface area contributed by atoms with Crippen LogP contribution in [0, 0.1) is 0 Å². The van der Waals surface area contributed by atoms with Crippen molar-refractivity contribution in [2.45, 2.75) is 12.3 Å². The topological polar surface area (TPSA) is 84.9 Å². The number of furan rings is 1. The van der Waals surface area contributed by atoms with Crippen LogP contribution < -0.4 is 0 Å². The maximum Gasteiger partial charge on any atom is 0.223 e. The molecule has 0 aliphatic carbocycles. The third-order valence-corrected chi connectivity index (χ3v) is 5.68. The summed E-state index contributed by atoms with van der Waals surface area (Å²) in [7, 11) is -3.12. The quantitative estimate of drug-likeness (QED) is 0.682. The molecule has 0 aromatic carbocycles. The van der Waals surface area contributed by atoms with E-state index in [1.165, 1.54) is 0 Å². The number of fused-ring (bicyclic) bond motifs is 1. The predicted molar refractivity (Wildman–Crippen MR) is 96.5 cm³/mol. The number of nitrogens with zero attached hydrogens (tertiary/aromatic N) is 3. The first kappa shape index (κ1) is 16.8. The molecule has 3 aromatic rings. The normalized spacial score (nSPS) is 15.3. The van der Waals surface area contributed by atoms with Crippen LogP contribution in [0.25, 0.3) is 16.6 Å². The minimum atomic E-state index is -3.12. The minimum Gasteiger partial charge on any atom is -0.472 e. The number of sulfone groups is 1. The molecule has 1 amide bonds. The van der Waals surface area contributed by atoms with Crippen LogP contribution in [0.5, 0.6) is 0 Å². The first-order valence-corrected chi connectivity index (χ1v) is 10.4. The Kier molecular flexibility index (Phi) is 4.07. The minimum absolute atomic E-state index is 0.0418. The molecule has 0 N–H and O–H groups in total. The molecule has 1 saturated heterocycles. The van der Waals surface area contributed by atoms with Crippen molar-refractivity contribution in [3.8, 4) is 11.1 Å². The third kappa shape index (κ3) is 3.24. The molecular weight excluding hydrogens is 354 g/mol. The van der Waals surface area contributed by atoms with E-state index in [2.05, 4.69) is 11.1 Å². The van der Waals surface area contributed by atoms with E-state index in [-0.39, 0.29) is 24.0 Å². The Hall–Kier alpha value is -2.61. The van der Waals surface area contributed by atoms with Gasteiger partial charge in [0.1, 0.15) is 9.84 Å². The van der Waals surface area contributed by atoms with Crippen molar-refractivity contribution in [2.24, 2.45) is 0 Å². The van der Waals surface area contributed by atoms with Crippen LogP contribution in [-0.4, -0.2) is 53.7 Å². The number of likely N-dealkylation sites (tertiary alicyclic amines) is 1. The van der Waals surface area contributed by atoms with E-state index in [1.54, 1.807) is 23.8 Å². The molecule has 0 atom stereocenters. The molecule has 4 heterocycles. The lowest BCUT2D eigenvalue weighted by molar-refractivity contribution is -0.135. The summed E-state index contributed by atoms with van der Waals surface area (Å²) in [5.74, 6) is -0.0508. The molecular formula is C18H19N3O4S. The van der Waals surface area contributed by atoms with Gasteiger partial charge in [-0.2, -0.15) is 0 Å². The fraction of sp³-hybridized carbons (Fsp3) is 0.333. The van der Waals surface area contributed by atoms with Crippen LogP contribution in [0.1, 0.15) is 18.0 Å². The van der Waals surface area contributed by atoms with Crippen molar-refractivity contribution >= 4 is 21.3 Å². The smallest absolute Gasteiger partial charge is 0.223 e. The van der Waals surface area contributed by atoms with Crippen LogP contribution in [0.3, 0.4) is 0 Å². The van der Waals surface area contributed by atoms with E-state index >= 15 is 0 Å².